The molecule has 5 heteroatoms. The molecule has 2 aliphatic carbocycles. The summed E-state index contributed by atoms with van der Waals surface area (Å²) in [5.74, 6) is 0.968. The van der Waals surface area contributed by atoms with E-state index in [2.05, 4.69) is 27.7 Å². The fraction of sp³-hybridized carbons (Fsp3) is 0.652. The molecule has 28 heavy (non-hydrogen) atoms. The smallest absolute Gasteiger partial charge is 0.157 e. The Hall–Kier alpha value is -2.04. The van der Waals surface area contributed by atoms with Crippen molar-refractivity contribution >= 4 is 12.6 Å². The summed E-state index contributed by atoms with van der Waals surface area (Å²) in [5.41, 5.74) is 0.252. The van der Waals surface area contributed by atoms with Gasteiger partial charge in [0.1, 0.15) is 22.8 Å². The maximum Gasteiger partial charge on any atom is 0.157 e. The lowest BCUT2D eigenvalue weighted by Gasteiger charge is -2.43. The van der Waals surface area contributed by atoms with Crippen LogP contribution in [-0.4, -0.2) is 28.4 Å². The number of rotatable bonds is 5. The molecule has 0 unspecified atom stereocenters. The van der Waals surface area contributed by atoms with E-state index in [4.69, 9.17) is 4.74 Å². The van der Waals surface area contributed by atoms with Gasteiger partial charge >= 0.3 is 0 Å². The van der Waals surface area contributed by atoms with E-state index in [1.54, 1.807) is 0 Å². The zero-order valence-electron chi connectivity index (χ0n) is 17.1. The molecule has 1 aliphatic heterocycles. The van der Waals surface area contributed by atoms with Crippen LogP contribution >= 0.6 is 0 Å². The SMILES string of the molecule is CC(C)C[C@@H]1C[C@]2(CC[C@@]3(C(C)C)C[C@H]23)Oc2c(C=O)c(O)c(C=O)c(O)c21. The zero-order valence-corrected chi connectivity index (χ0v) is 17.1. The molecule has 0 bridgehead atoms. The van der Waals surface area contributed by atoms with Gasteiger partial charge in [-0.25, -0.2) is 0 Å². The van der Waals surface area contributed by atoms with Crippen LogP contribution in [0.4, 0.5) is 0 Å². The van der Waals surface area contributed by atoms with Crippen LogP contribution in [-0.2, 0) is 0 Å². The van der Waals surface area contributed by atoms with Gasteiger partial charge in [0, 0.05) is 11.5 Å². The number of carbonyl (C=O) groups excluding carboxylic acids is 2. The lowest BCUT2D eigenvalue weighted by molar-refractivity contribution is 0.0145. The first kappa shape index (κ1) is 19.3. The van der Waals surface area contributed by atoms with Crippen molar-refractivity contribution in [1.82, 2.24) is 0 Å². The number of phenols is 2. The highest BCUT2D eigenvalue weighted by atomic mass is 16.5. The predicted molar refractivity (Wildman–Crippen MR) is 105 cm³/mol. The molecule has 2 saturated carbocycles. The van der Waals surface area contributed by atoms with Crippen molar-refractivity contribution < 1.29 is 24.5 Å². The van der Waals surface area contributed by atoms with Crippen LogP contribution in [0.2, 0.25) is 0 Å². The molecule has 0 radical (unpaired) electrons. The van der Waals surface area contributed by atoms with Crippen LogP contribution in [0.3, 0.4) is 0 Å². The summed E-state index contributed by atoms with van der Waals surface area (Å²) in [7, 11) is 0. The molecule has 5 nitrogen and oxygen atoms in total. The fourth-order valence-electron chi connectivity index (χ4n) is 6.23. The summed E-state index contributed by atoms with van der Waals surface area (Å²) in [6.07, 6.45) is 5.74. The minimum Gasteiger partial charge on any atom is -0.507 e. The second kappa shape index (κ2) is 6.23. The van der Waals surface area contributed by atoms with Gasteiger partial charge in [-0.15, -0.1) is 0 Å². The lowest BCUT2D eigenvalue weighted by atomic mass is 9.75. The fourth-order valence-corrected chi connectivity index (χ4v) is 6.23. The molecule has 1 heterocycles. The molecular formula is C23H30O5. The molecule has 0 aromatic heterocycles. The number of fused-ring (bicyclic) bond motifs is 3. The summed E-state index contributed by atoms with van der Waals surface area (Å²) in [4.78, 5) is 23.3. The standard InChI is InChI=1S/C23H30O5/c1-12(2)7-14-8-23(6-5-22(13(3)4)9-17(22)23)28-21-16(11-25)19(26)15(10-24)20(27)18(14)21/h10-14,17,26-27H,5-9H2,1-4H3/t14-,17+,22+,23+/m1/s1. The summed E-state index contributed by atoms with van der Waals surface area (Å²) in [5, 5.41) is 21.2. The first-order chi connectivity index (χ1) is 13.2. The first-order valence-electron chi connectivity index (χ1n) is 10.4. The molecule has 0 saturated heterocycles. The van der Waals surface area contributed by atoms with E-state index in [1.165, 1.54) is 0 Å². The molecule has 1 aromatic carbocycles. The molecule has 2 fully saturated rings. The van der Waals surface area contributed by atoms with Gasteiger partial charge in [0.25, 0.3) is 0 Å². The average Bonchev–Trinajstić information content (AvgIpc) is 3.30. The molecule has 4 rings (SSSR count). The quantitative estimate of drug-likeness (QED) is 0.708. The van der Waals surface area contributed by atoms with Crippen LogP contribution in [0.15, 0.2) is 0 Å². The number of aldehydes is 2. The Morgan fingerprint density at radius 2 is 1.71 bits per heavy atom. The monoisotopic (exact) mass is 386 g/mol. The van der Waals surface area contributed by atoms with Gasteiger partial charge in [0.15, 0.2) is 12.6 Å². The van der Waals surface area contributed by atoms with Crippen molar-refractivity contribution in [1.29, 1.82) is 0 Å². The molecule has 2 N–H and O–H groups in total. The van der Waals surface area contributed by atoms with Crippen molar-refractivity contribution in [3.05, 3.63) is 16.7 Å². The molecule has 1 aromatic rings. The Morgan fingerprint density at radius 3 is 2.21 bits per heavy atom. The number of carbonyl (C=O) groups is 2. The Bertz CT molecular complexity index is 842. The van der Waals surface area contributed by atoms with Crippen LogP contribution in [0.5, 0.6) is 17.2 Å². The summed E-state index contributed by atoms with van der Waals surface area (Å²) in [6.45, 7) is 8.80. The molecule has 0 amide bonds. The van der Waals surface area contributed by atoms with E-state index in [0.717, 1.165) is 32.1 Å². The number of hydrogen-bond donors (Lipinski definition) is 2. The van der Waals surface area contributed by atoms with Crippen molar-refractivity contribution in [2.45, 2.75) is 71.3 Å². The highest BCUT2D eigenvalue weighted by molar-refractivity contribution is 5.95. The van der Waals surface area contributed by atoms with Gasteiger partial charge in [-0.05, 0) is 55.3 Å². The van der Waals surface area contributed by atoms with E-state index in [-0.39, 0.29) is 28.4 Å². The third-order valence-corrected chi connectivity index (χ3v) is 7.72. The van der Waals surface area contributed by atoms with Gasteiger partial charge < -0.3 is 14.9 Å². The second-order valence-electron chi connectivity index (χ2n) is 9.85. The van der Waals surface area contributed by atoms with Gasteiger partial charge in [0.05, 0.1) is 11.1 Å². The van der Waals surface area contributed by atoms with E-state index >= 15 is 0 Å². The van der Waals surface area contributed by atoms with Gasteiger partial charge in [-0.3, -0.25) is 9.59 Å². The van der Waals surface area contributed by atoms with Crippen molar-refractivity contribution in [3.63, 3.8) is 0 Å². The third kappa shape index (κ3) is 2.44. The summed E-state index contributed by atoms with van der Waals surface area (Å²) >= 11 is 0. The third-order valence-electron chi connectivity index (χ3n) is 7.72. The Labute approximate surface area is 166 Å². The topological polar surface area (TPSA) is 83.8 Å². The molecular weight excluding hydrogens is 356 g/mol. The second-order valence-corrected chi connectivity index (χ2v) is 9.85. The summed E-state index contributed by atoms with van der Waals surface area (Å²) in [6, 6.07) is 0. The number of hydrogen-bond acceptors (Lipinski definition) is 5. The Balaban J connectivity index is 1.88. The largest absolute Gasteiger partial charge is 0.507 e. The number of ether oxygens (including phenoxy) is 1. The molecule has 152 valence electrons. The van der Waals surface area contributed by atoms with Crippen molar-refractivity contribution in [2.24, 2.45) is 23.2 Å². The number of aromatic hydroxyl groups is 2. The van der Waals surface area contributed by atoms with E-state index in [1.807, 2.05) is 0 Å². The predicted octanol–water partition coefficient (Wildman–Crippen LogP) is 4.83. The van der Waals surface area contributed by atoms with Gasteiger partial charge in [0.2, 0.25) is 0 Å². The summed E-state index contributed by atoms with van der Waals surface area (Å²) < 4.78 is 6.54. The highest BCUT2D eigenvalue weighted by Gasteiger charge is 2.71. The molecule has 3 aliphatic rings. The van der Waals surface area contributed by atoms with Gasteiger partial charge in [-0.2, -0.15) is 0 Å². The minimum absolute atomic E-state index is 0.00886. The van der Waals surface area contributed by atoms with E-state index < -0.39 is 5.75 Å². The maximum atomic E-state index is 11.8. The first-order valence-corrected chi connectivity index (χ1v) is 10.4. The molecule has 1 spiro atoms. The lowest BCUT2D eigenvalue weighted by Crippen LogP contribution is -2.42. The zero-order chi connectivity index (χ0) is 20.4. The van der Waals surface area contributed by atoms with Crippen LogP contribution in [0.1, 0.15) is 92.0 Å². The van der Waals surface area contributed by atoms with Crippen LogP contribution in [0.25, 0.3) is 0 Å². The maximum absolute atomic E-state index is 11.8. The average molecular weight is 386 g/mol. The van der Waals surface area contributed by atoms with Crippen LogP contribution < -0.4 is 4.74 Å². The van der Waals surface area contributed by atoms with E-state index in [9.17, 15) is 19.8 Å². The van der Waals surface area contributed by atoms with Crippen molar-refractivity contribution in [2.75, 3.05) is 0 Å². The molecule has 4 atom stereocenters. The number of benzene rings is 1. The highest BCUT2D eigenvalue weighted by Crippen LogP contribution is 2.74. The van der Waals surface area contributed by atoms with Crippen molar-refractivity contribution in [3.8, 4) is 17.2 Å². The van der Waals surface area contributed by atoms with Crippen LogP contribution in [0, 0.1) is 23.2 Å². The van der Waals surface area contributed by atoms with Gasteiger partial charge in [-0.1, -0.05) is 27.7 Å². The van der Waals surface area contributed by atoms with E-state index in [0.29, 0.717) is 47.1 Å². The Morgan fingerprint density at radius 1 is 1.04 bits per heavy atom. The normalized spacial score (nSPS) is 32.9. The minimum atomic E-state index is -0.481. The Kier molecular flexibility index (Phi) is 4.29. The number of phenolic OH excluding ortho intramolecular Hbond substituents is 2.